The Morgan fingerprint density at radius 1 is 1.47 bits per heavy atom. The van der Waals surface area contributed by atoms with Crippen LogP contribution in [0, 0.1) is 5.41 Å². The van der Waals surface area contributed by atoms with Gasteiger partial charge in [-0.25, -0.2) is 4.98 Å². The molecular formula is C12H23N3. The lowest BCUT2D eigenvalue weighted by molar-refractivity contribution is 0.336. The lowest BCUT2D eigenvalue weighted by Gasteiger charge is -2.21. The van der Waals surface area contributed by atoms with E-state index < -0.39 is 0 Å². The minimum Gasteiger partial charge on any atom is -0.340 e. The molecule has 1 N–H and O–H groups in total. The molecule has 1 unspecified atom stereocenters. The normalized spacial score (nSPS) is 14.2. The molecule has 1 atom stereocenters. The lowest BCUT2D eigenvalue weighted by Crippen LogP contribution is -2.19. The van der Waals surface area contributed by atoms with E-state index >= 15 is 0 Å². The quantitative estimate of drug-likeness (QED) is 0.825. The van der Waals surface area contributed by atoms with Crippen LogP contribution in [0.25, 0.3) is 0 Å². The number of hydrogen-bond donors (Lipinski definition) is 1. The van der Waals surface area contributed by atoms with Crippen LogP contribution >= 0.6 is 0 Å². The fraction of sp³-hybridized carbons (Fsp3) is 0.750. The van der Waals surface area contributed by atoms with Crippen molar-refractivity contribution in [1.82, 2.24) is 14.9 Å². The van der Waals surface area contributed by atoms with E-state index in [4.69, 9.17) is 0 Å². The topological polar surface area (TPSA) is 29.9 Å². The number of aromatic nitrogens is 2. The van der Waals surface area contributed by atoms with Crippen molar-refractivity contribution in [1.29, 1.82) is 0 Å². The average molecular weight is 209 g/mol. The zero-order valence-corrected chi connectivity index (χ0v) is 10.5. The second-order valence-corrected chi connectivity index (χ2v) is 5.40. The first-order chi connectivity index (χ1) is 6.92. The van der Waals surface area contributed by atoms with Gasteiger partial charge in [-0.2, -0.15) is 0 Å². The Balaban J connectivity index is 2.57. The zero-order valence-electron chi connectivity index (χ0n) is 10.5. The van der Waals surface area contributed by atoms with Gasteiger partial charge in [0.2, 0.25) is 0 Å². The zero-order chi connectivity index (χ0) is 11.5. The summed E-state index contributed by atoms with van der Waals surface area (Å²) in [6.07, 6.45) is 6.28. The van der Waals surface area contributed by atoms with Gasteiger partial charge in [-0.3, -0.25) is 0 Å². The molecular weight excluding hydrogens is 186 g/mol. The van der Waals surface area contributed by atoms with Gasteiger partial charge < -0.3 is 9.88 Å². The molecule has 15 heavy (non-hydrogen) atoms. The molecule has 0 bridgehead atoms. The van der Waals surface area contributed by atoms with Gasteiger partial charge in [0.05, 0.1) is 18.1 Å². The second-order valence-electron chi connectivity index (χ2n) is 5.40. The summed E-state index contributed by atoms with van der Waals surface area (Å²) in [7, 11) is 4.01. The van der Waals surface area contributed by atoms with Crippen LogP contribution in [0.15, 0.2) is 12.5 Å². The third kappa shape index (κ3) is 4.04. The summed E-state index contributed by atoms with van der Waals surface area (Å²) >= 11 is 0. The van der Waals surface area contributed by atoms with Gasteiger partial charge in [-0.1, -0.05) is 20.8 Å². The summed E-state index contributed by atoms with van der Waals surface area (Å²) in [6.45, 7) is 6.83. The number of nitrogens with one attached hydrogen (secondary N) is 1. The van der Waals surface area contributed by atoms with Crippen molar-refractivity contribution in [2.24, 2.45) is 12.5 Å². The summed E-state index contributed by atoms with van der Waals surface area (Å²) in [4.78, 5) is 4.39. The minimum absolute atomic E-state index is 0.380. The highest BCUT2D eigenvalue weighted by atomic mass is 15.0. The van der Waals surface area contributed by atoms with Gasteiger partial charge in [0.1, 0.15) is 0 Å². The molecule has 0 spiro atoms. The smallest absolute Gasteiger partial charge is 0.0947 e. The maximum absolute atomic E-state index is 4.39. The van der Waals surface area contributed by atoms with Gasteiger partial charge in [0, 0.05) is 13.2 Å². The van der Waals surface area contributed by atoms with E-state index in [1.165, 1.54) is 6.42 Å². The molecule has 0 saturated heterocycles. The summed E-state index contributed by atoms with van der Waals surface area (Å²) in [5, 5.41) is 3.33. The number of imidazole rings is 1. The first-order valence-electron chi connectivity index (χ1n) is 5.57. The molecule has 3 heteroatoms. The lowest BCUT2D eigenvalue weighted by atomic mass is 9.88. The predicted molar refractivity (Wildman–Crippen MR) is 63.7 cm³/mol. The fourth-order valence-corrected chi connectivity index (χ4v) is 1.63. The number of nitrogens with zero attached hydrogens (tertiary/aromatic N) is 2. The number of rotatable bonds is 4. The van der Waals surface area contributed by atoms with Gasteiger partial charge in [-0.05, 0) is 25.3 Å². The van der Waals surface area contributed by atoms with Crippen LogP contribution in [-0.4, -0.2) is 16.6 Å². The monoisotopic (exact) mass is 209 g/mol. The Hall–Kier alpha value is -0.830. The van der Waals surface area contributed by atoms with E-state index in [9.17, 15) is 0 Å². The van der Waals surface area contributed by atoms with Crippen LogP contribution in [0.3, 0.4) is 0 Å². The van der Waals surface area contributed by atoms with Gasteiger partial charge in [0.25, 0.3) is 0 Å². The highest BCUT2D eigenvalue weighted by Gasteiger charge is 2.16. The van der Waals surface area contributed by atoms with E-state index in [-0.39, 0.29) is 0 Å². The van der Waals surface area contributed by atoms with Crippen molar-refractivity contribution in [3.8, 4) is 0 Å². The first-order valence-corrected chi connectivity index (χ1v) is 5.57. The molecule has 0 fully saturated rings. The maximum atomic E-state index is 4.39. The molecule has 3 nitrogen and oxygen atoms in total. The molecule has 1 aromatic rings. The molecule has 1 heterocycles. The Morgan fingerprint density at radius 2 is 2.13 bits per heavy atom. The van der Waals surface area contributed by atoms with E-state index in [0.717, 1.165) is 12.1 Å². The van der Waals surface area contributed by atoms with Crippen molar-refractivity contribution in [3.05, 3.63) is 18.2 Å². The summed E-state index contributed by atoms with van der Waals surface area (Å²) < 4.78 is 2.00. The number of hydrogen-bond acceptors (Lipinski definition) is 2. The molecule has 0 aliphatic heterocycles. The van der Waals surface area contributed by atoms with Crippen molar-refractivity contribution >= 4 is 0 Å². The van der Waals surface area contributed by atoms with E-state index in [1.54, 1.807) is 0 Å². The molecule has 86 valence electrons. The van der Waals surface area contributed by atoms with Crippen molar-refractivity contribution in [2.75, 3.05) is 7.05 Å². The third-order valence-corrected chi connectivity index (χ3v) is 2.61. The molecule has 1 rings (SSSR count). The standard InChI is InChI=1S/C12H23N3/c1-12(2,3)7-6-10(13-4)11-8-15(5)9-14-11/h8-10,13H,6-7H2,1-5H3. The molecule has 0 amide bonds. The van der Waals surface area contributed by atoms with E-state index in [2.05, 4.69) is 37.3 Å². The van der Waals surface area contributed by atoms with Crippen molar-refractivity contribution in [3.63, 3.8) is 0 Å². The summed E-state index contributed by atoms with van der Waals surface area (Å²) in [5.74, 6) is 0. The molecule has 0 radical (unpaired) electrons. The van der Waals surface area contributed by atoms with Crippen LogP contribution in [0.2, 0.25) is 0 Å². The highest BCUT2D eigenvalue weighted by molar-refractivity contribution is 5.03. The van der Waals surface area contributed by atoms with Gasteiger partial charge in [0.15, 0.2) is 0 Å². The number of aryl methyl sites for hydroxylation is 1. The second kappa shape index (κ2) is 4.79. The maximum Gasteiger partial charge on any atom is 0.0947 e. The predicted octanol–water partition coefficient (Wildman–Crippen LogP) is 2.51. The third-order valence-electron chi connectivity index (χ3n) is 2.61. The van der Waals surface area contributed by atoms with Crippen molar-refractivity contribution < 1.29 is 0 Å². The van der Waals surface area contributed by atoms with Crippen LogP contribution in [0.5, 0.6) is 0 Å². The molecule has 0 aromatic carbocycles. The van der Waals surface area contributed by atoms with E-state index in [1.807, 2.05) is 25.0 Å². The Bertz CT molecular complexity index is 296. The molecule has 0 aliphatic carbocycles. The summed E-state index contributed by atoms with van der Waals surface area (Å²) in [6, 6.07) is 0.380. The first kappa shape index (κ1) is 12.2. The van der Waals surface area contributed by atoms with Crippen LogP contribution < -0.4 is 5.32 Å². The Labute approximate surface area is 92.9 Å². The molecule has 0 saturated carbocycles. The molecule has 1 aromatic heterocycles. The van der Waals surface area contributed by atoms with Crippen LogP contribution in [0.4, 0.5) is 0 Å². The SMILES string of the molecule is CNC(CCC(C)(C)C)c1cn(C)cn1. The van der Waals surface area contributed by atoms with E-state index in [0.29, 0.717) is 11.5 Å². The minimum atomic E-state index is 0.380. The van der Waals surface area contributed by atoms with Gasteiger partial charge in [-0.15, -0.1) is 0 Å². The van der Waals surface area contributed by atoms with Crippen LogP contribution in [0.1, 0.15) is 45.3 Å². The highest BCUT2D eigenvalue weighted by Crippen LogP contribution is 2.26. The summed E-state index contributed by atoms with van der Waals surface area (Å²) in [5.41, 5.74) is 1.54. The average Bonchev–Trinajstić information content (AvgIpc) is 2.51. The Morgan fingerprint density at radius 3 is 2.53 bits per heavy atom. The molecule has 0 aliphatic rings. The van der Waals surface area contributed by atoms with Gasteiger partial charge >= 0.3 is 0 Å². The largest absolute Gasteiger partial charge is 0.340 e. The van der Waals surface area contributed by atoms with Crippen molar-refractivity contribution in [2.45, 2.75) is 39.7 Å². The Kier molecular flexibility index (Phi) is 3.91. The van der Waals surface area contributed by atoms with Crippen LogP contribution in [-0.2, 0) is 7.05 Å². The fourth-order valence-electron chi connectivity index (χ4n) is 1.63.